The monoisotopic (exact) mass is 1190 g/mol. The molecule has 0 aliphatic carbocycles. The minimum Gasteiger partial charge on any atom is -0.482 e. The van der Waals surface area contributed by atoms with Gasteiger partial charge in [0.05, 0.1) is 60.2 Å². The topological polar surface area (TPSA) is 253 Å². The van der Waals surface area contributed by atoms with Crippen molar-refractivity contribution in [2.24, 2.45) is 5.41 Å². The Kier molecular flexibility index (Phi) is 22.5. The largest absolute Gasteiger partial charge is 0.482 e. The van der Waals surface area contributed by atoms with Crippen LogP contribution in [0.4, 0.5) is 15.9 Å². The standard InChI is InChI=1S/C58H73Cl2FN10O10S/c1-34-30-69(56(76)40-13-15-41(16-14-40)65-54(74)45-28-47(53(62)68-67-45)81-37(4)49-43(59)17-18-44(61)50(49)60)31-35(2)70(34)20-8-21-78-23-25-80-26-24-79-22-19-48(73)66-52(58(5,6)7)57(77)71-32-42(72)27-46(71)55(75)63-29-38-9-11-39(12-10-38)51-36(3)64-33-82-51/h9-18,28,33-35,37,42,46,52,72H,8,19-27,29-32H2,1-7H3,(H2,62,68)(H,63,75)(H,65,74)(H,66,73)/t34-,35+,37-,42-,46+,52-/m1/s1. The summed E-state index contributed by atoms with van der Waals surface area (Å²) in [7, 11) is 0. The second-order valence-corrected chi connectivity index (χ2v) is 23.2. The number of aliphatic hydroxyl groups is 1. The van der Waals surface area contributed by atoms with Crippen LogP contribution in [-0.2, 0) is 35.1 Å². The van der Waals surface area contributed by atoms with E-state index in [2.05, 4.69) is 49.9 Å². The van der Waals surface area contributed by atoms with Crippen LogP contribution in [-0.4, -0.2) is 161 Å². The van der Waals surface area contributed by atoms with Crippen molar-refractivity contribution >= 4 is 75.6 Å². The van der Waals surface area contributed by atoms with Crippen LogP contribution in [0.1, 0.15) is 105 Å². The number of aromatic nitrogens is 3. The van der Waals surface area contributed by atoms with E-state index in [9.17, 15) is 33.5 Å². The highest BCUT2D eigenvalue weighted by Crippen LogP contribution is 2.36. The number of ether oxygens (including phenoxy) is 4. The van der Waals surface area contributed by atoms with Gasteiger partial charge < -0.3 is 55.5 Å². The van der Waals surface area contributed by atoms with Crippen LogP contribution < -0.4 is 26.4 Å². The molecule has 20 nitrogen and oxygen atoms in total. The van der Waals surface area contributed by atoms with Gasteiger partial charge in [-0.15, -0.1) is 21.5 Å². The van der Waals surface area contributed by atoms with Crippen LogP contribution in [0.25, 0.3) is 10.4 Å². The van der Waals surface area contributed by atoms with Crippen molar-refractivity contribution in [2.75, 3.05) is 76.9 Å². The van der Waals surface area contributed by atoms with Gasteiger partial charge >= 0.3 is 0 Å². The molecule has 6 atom stereocenters. The minimum absolute atomic E-state index is 0.0109. The molecule has 2 aliphatic rings. The number of amides is 5. The smallest absolute Gasteiger partial charge is 0.276 e. The highest BCUT2D eigenvalue weighted by molar-refractivity contribution is 7.13. The third-order valence-electron chi connectivity index (χ3n) is 14.2. The van der Waals surface area contributed by atoms with E-state index in [1.54, 1.807) is 42.5 Å². The molecule has 6 N–H and O–H groups in total. The lowest BCUT2D eigenvalue weighted by Crippen LogP contribution is -2.58. The molecule has 5 aromatic rings. The van der Waals surface area contributed by atoms with E-state index < -0.39 is 47.3 Å². The zero-order valence-corrected chi connectivity index (χ0v) is 49.5. The number of aliphatic hydroxyl groups excluding tert-OH is 1. The molecule has 2 aliphatic heterocycles. The highest BCUT2D eigenvalue weighted by Gasteiger charge is 2.44. The molecule has 0 bridgehead atoms. The Balaban J connectivity index is 0.740. The van der Waals surface area contributed by atoms with E-state index in [0.717, 1.165) is 40.7 Å². The summed E-state index contributed by atoms with van der Waals surface area (Å²) in [5.74, 6) is -2.66. The second kappa shape index (κ2) is 29.2. The summed E-state index contributed by atoms with van der Waals surface area (Å²) in [6.07, 6.45) is -0.835. The Morgan fingerprint density at radius 3 is 2.20 bits per heavy atom. The lowest BCUT2D eigenvalue weighted by Gasteiger charge is -2.44. The Hall–Kier alpha value is -6.37. The van der Waals surface area contributed by atoms with Crippen LogP contribution in [0, 0.1) is 18.2 Å². The maximum Gasteiger partial charge on any atom is 0.276 e. The SMILES string of the molecule is Cc1ncsc1-c1ccc(CNC(=O)[C@@H]2C[C@@H](O)CN2C(=O)[C@@H](NC(=O)CCOCCOCCOCCCN2[C@H](C)CN(C(=O)c3ccc(NC(=O)c4cc(O[C@H](C)c5c(Cl)ccc(F)c5Cl)c(N)nn4)cc3)C[C@@H]2C)C(C)(C)C)cc1. The Morgan fingerprint density at radius 1 is 0.890 bits per heavy atom. The first-order valence-corrected chi connectivity index (χ1v) is 28.9. The molecule has 82 heavy (non-hydrogen) atoms. The average molecular weight is 1190 g/mol. The van der Waals surface area contributed by atoms with Crippen molar-refractivity contribution in [3.63, 3.8) is 0 Å². The maximum atomic E-state index is 14.2. The predicted molar refractivity (Wildman–Crippen MR) is 311 cm³/mol. The van der Waals surface area contributed by atoms with Gasteiger partial charge in [-0.25, -0.2) is 9.37 Å². The summed E-state index contributed by atoms with van der Waals surface area (Å²) in [5.41, 5.74) is 11.0. The number of benzene rings is 3. The summed E-state index contributed by atoms with van der Waals surface area (Å²) in [5, 5.41) is 26.8. The van der Waals surface area contributed by atoms with Gasteiger partial charge in [0.25, 0.3) is 11.8 Å². The lowest BCUT2D eigenvalue weighted by atomic mass is 9.85. The van der Waals surface area contributed by atoms with Gasteiger partial charge in [-0.3, -0.25) is 28.9 Å². The number of piperazine rings is 1. The van der Waals surface area contributed by atoms with Gasteiger partial charge in [-0.05, 0) is 87.1 Å². The van der Waals surface area contributed by atoms with Crippen molar-refractivity contribution in [1.82, 2.24) is 40.5 Å². The van der Waals surface area contributed by atoms with E-state index in [0.29, 0.717) is 50.8 Å². The molecule has 5 amide bonds. The third-order valence-corrected chi connectivity index (χ3v) is 15.9. The zero-order chi connectivity index (χ0) is 59.3. The Morgan fingerprint density at radius 2 is 1.55 bits per heavy atom. The first-order valence-electron chi connectivity index (χ1n) is 27.3. The number of hydrogen-bond acceptors (Lipinski definition) is 16. The number of nitrogens with one attached hydrogen (secondary N) is 3. The van der Waals surface area contributed by atoms with Crippen molar-refractivity contribution < 1.29 is 52.4 Å². The Bertz CT molecular complexity index is 2990. The number of anilines is 2. The molecule has 0 saturated carbocycles. The molecule has 0 radical (unpaired) electrons. The van der Waals surface area contributed by atoms with E-state index in [-0.39, 0.29) is 102 Å². The molecule has 2 fully saturated rings. The van der Waals surface area contributed by atoms with Gasteiger partial charge in [-0.2, -0.15) is 0 Å². The van der Waals surface area contributed by atoms with Crippen LogP contribution in [0.3, 0.4) is 0 Å². The normalized spacial score (nSPS) is 18.2. The molecular formula is C58H73Cl2FN10O10S. The molecule has 2 saturated heterocycles. The number of carbonyl (C=O) groups is 5. The molecule has 2 aromatic heterocycles. The molecule has 442 valence electrons. The highest BCUT2D eigenvalue weighted by atomic mass is 35.5. The number of β-amino-alcohol motifs (C(OH)–C–C–N with tert-alkyl or cyclic N) is 1. The fourth-order valence-electron chi connectivity index (χ4n) is 9.86. The quantitative estimate of drug-likeness (QED) is 0.0280. The number of aryl methyl sites for hydroxylation is 1. The zero-order valence-electron chi connectivity index (χ0n) is 47.2. The average Bonchev–Trinajstić information content (AvgIpc) is 4.18. The van der Waals surface area contributed by atoms with E-state index >= 15 is 0 Å². The number of thiazole rings is 1. The number of hydrogen-bond donors (Lipinski definition) is 5. The van der Waals surface area contributed by atoms with Crippen molar-refractivity contribution in [3.05, 3.63) is 116 Å². The number of nitrogens with two attached hydrogens (primary N) is 1. The maximum absolute atomic E-state index is 14.2. The van der Waals surface area contributed by atoms with Gasteiger partial charge in [0.2, 0.25) is 17.7 Å². The molecule has 0 spiro atoms. The van der Waals surface area contributed by atoms with Gasteiger partial charge in [0, 0.05) is 92.2 Å². The molecule has 7 rings (SSSR count). The number of rotatable bonds is 25. The number of nitrogen functional groups attached to an aromatic ring is 1. The van der Waals surface area contributed by atoms with E-state index in [1.807, 2.05) is 62.4 Å². The van der Waals surface area contributed by atoms with Crippen molar-refractivity contribution in [1.29, 1.82) is 0 Å². The summed E-state index contributed by atoms with van der Waals surface area (Å²) >= 11 is 14.0. The fourth-order valence-corrected chi connectivity index (χ4v) is 11.4. The number of likely N-dealkylation sites (tertiary alicyclic amines) is 1. The second-order valence-electron chi connectivity index (χ2n) is 21.6. The van der Waals surface area contributed by atoms with Crippen molar-refractivity contribution in [2.45, 2.75) is 111 Å². The third kappa shape index (κ3) is 16.9. The molecule has 0 unspecified atom stereocenters. The van der Waals surface area contributed by atoms with Crippen molar-refractivity contribution in [3.8, 4) is 16.2 Å². The van der Waals surface area contributed by atoms with Crippen LogP contribution in [0.15, 0.2) is 72.2 Å². The van der Waals surface area contributed by atoms with Crippen LogP contribution in [0.5, 0.6) is 5.75 Å². The fraction of sp³-hybridized carbons (Fsp3) is 0.483. The number of carbonyl (C=O) groups excluding carboxylic acids is 5. The number of nitrogens with zero attached hydrogens (tertiary/aromatic N) is 6. The predicted octanol–water partition coefficient (Wildman–Crippen LogP) is 7.50. The molecular weight excluding hydrogens is 1120 g/mol. The van der Waals surface area contributed by atoms with Crippen LogP contribution >= 0.6 is 34.5 Å². The van der Waals surface area contributed by atoms with Crippen LogP contribution in [0.2, 0.25) is 10.0 Å². The van der Waals surface area contributed by atoms with E-state index in [1.165, 1.54) is 17.0 Å². The number of halogens is 3. The summed E-state index contributed by atoms with van der Waals surface area (Å²) in [6.45, 7) is 17.3. The summed E-state index contributed by atoms with van der Waals surface area (Å²) in [6, 6.07) is 16.6. The lowest BCUT2D eigenvalue weighted by molar-refractivity contribution is -0.144. The summed E-state index contributed by atoms with van der Waals surface area (Å²) < 4.78 is 37.2. The molecule has 24 heteroatoms. The minimum atomic E-state index is -0.947. The first kappa shape index (κ1) is 63.2. The van der Waals surface area contributed by atoms with Gasteiger partial charge in [0.1, 0.15) is 24.0 Å². The first-order chi connectivity index (χ1) is 39.1. The molecule has 3 aromatic carbocycles. The summed E-state index contributed by atoms with van der Waals surface area (Å²) in [4.78, 5) is 78.4. The van der Waals surface area contributed by atoms with Gasteiger partial charge in [-0.1, -0.05) is 68.2 Å². The van der Waals surface area contributed by atoms with Gasteiger partial charge in [0.15, 0.2) is 17.3 Å². The van der Waals surface area contributed by atoms with E-state index in [4.69, 9.17) is 47.9 Å². The molecule has 4 heterocycles. The Labute approximate surface area is 491 Å².